The molecule has 0 radical (unpaired) electrons. The number of aliphatic hydroxyl groups excluding tert-OH is 1. The SMILES string of the molecule is CS(=O)c1ccc(OC2=C(C(=O)O)N3C(=O)[C@H](CCO)[C@H]3S2)cc1. The molecule has 7 nitrogen and oxygen atoms in total. The monoisotopic (exact) mass is 369 g/mol. The molecule has 1 fully saturated rings. The molecule has 2 aliphatic heterocycles. The molecule has 0 aromatic heterocycles. The average Bonchev–Trinajstić information content (AvgIpc) is 2.88. The Balaban J connectivity index is 1.83. The molecular formula is C15H15NO6S2. The van der Waals surface area contributed by atoms with Crippen molar-refractivity contribution in [3.8, 4) is 5.75 Å². The van der Waals surface area contributed by atoms with Gasteiger partial charge in [-0.1, -0.05) is 11.8 Å². The molecule has 1 saturated heterocycles. The van der Waals surface area contributed by atoms with Gasteiger partial charge in [0.05, 0.1) is 5.92 Å². The lowest BCUT2D eigenvalue weighted by molar-refractivity contribution is -0.152. The molecule has 1 aromatic rings. The van der Waals surface area contributed by atoms with Crippen molar-refractivity contribution in [2.75, 3.05) is 12.9 Å². The molecule has 128 valence electrons. The number of ether oxygens (including phenoxy) is 1. The van der Waals surface area contributed by atoms with E-state index in [9.17, 15) is 18.9 Å². The highest BCUT2D eigenvalue weighted by Gasteiger charge is 2.56. The van der Waals surface area contributed by atoms with E-state index in [1.165, 1.54) is 4.90 Å². The number of hydrogen-bond acceptors (Lipinski definition) is 6. The summed E-state index contributed by atoms with van der Waals surface area (Å²) in [7, 11) is -1.11. The molecule has 3 atom stereocenters. The van der Waals surface area contributed by atoms with E-state index in [0.717, 1.165) is 11.8 Å². The Labute approximate surface area is 144 Å². The first-order valence-electron chi connectivity index (χ1n) is 7.13. The zero-order valence-corrected chi connectivity index (χ0v) is 14.3. The number of hydrogen-bond donors (Lipinski definition) is 2. The van der Waals surface area contributed by atoms with Gasteiger partial charge in [-0.2, -0.15) is 0 Å². The molecule has 0 bridgehead atoms. The van der Waals surface area contributed by atoms with E-state index in [-0.39, 0.29) is 28.7 Å². The van der Waals surface area contributed by atoms with E-state index in [4.69, 9.17) is 9.84 Å². The smallest absolute Gasteiger partial charge is 0.357 e. The van der Waals surface area contributed by atoms with E-state index < -0.39 is 22.7 Å². The van der Waals surface area contributed by atoms with Crippen LogP contribution in [0.5, 0.6) is 5.75 Å². The topological polar surface area (TPSA) is 104 Å². The fourth-order valence-electron chi connectivity index (χ4n) is 2.63. The van der Waals surface area contributed by atoms with Crippen molar-refractivity contribution in [1.82, 2.24) is 4.90 Å². The summed E-state index contributed by atoms with van der Waals surface area (Å²) in [6.45, 7) is -0.129. The highest BCUT2D eigenvalue weighted by atomic mass is 32.2. The molecule has 2 aliphatic rings. The Morgan fingerprint density at radius 1 is 1.38 bits per heavy atom. The van der Waals surface area contributed by atoms with Crippen LogP contribution in [0.2, 0.25) is 0 Å². The molecule has 0 spiro atoms. The third-order valence-corrected chi connectivity index (χ3v) is 6.03. The maximum atomic E-state index is 12.1. The fourth-order valence-corrected chi connectivity index (χ4v) is 4.55. The van der Waals surface area contributed by atoms with Gasteiger partial charge in [-0.3, -0.25) is 13.9 Å². The van der Waals surface area contributed by atoms with Crippen LogP contribution in [0.3, 0.4) is 0 Å². The van der Waals surface area contributed by atoms with Crippen molar-refractivity contribution in [1.29, 1.82) is 0 Å². The van der Waals surface area contributed by atoms with Crippen molar-refractivity contribution < 1.29 is 28.7 Å². The van der Waals surface area contributed by atoms with Crippen molar-refractivity contribution >= 4 is 34.4 Å². The van der Waals surface area contributed by atoms with Gasteiger partial charge in [0, 0.05) is 28.6 Å². The molecular weight excluding hydrogens is 354 g/mol. The van der Waals surface area contributed by atoms with Crippen LogP contribution in [-0.4, -0.2) is 49.4 Å². The quantitative estimate of drug-likeness (QED) is 0.720. The van der Waals surface area contributed by atoms with Gasteiger partial charge in [-0.25, -0.2) is 4.79 Å². The van der Waals surface area contributed by atoms with Gasteiger partial charge in [0.25, 0.3) is 0 Å². The molecule has 3 rings (SSSR count). The van der Waals surface area contributed by atoms with Crippen LogP contribution in [0.25, 0.3) is 0 Å². The first-order chi connectivity index (χ1) is 11.4. The van der Waals surface area contributed by atoms with Crippen molar-refractivity contribution in [3.05, 3.63) is 35.1 Å². The van der Waals surface area contributed by atoms with E-state index in [2.05, 4.69) is 0 Å². The van der Waals surface area contributed by atoms with Gasteiger partial charge >= 0.3 is 5.97 Å². The molecule has 0 aliphatic carbocycles. The maximum absolute atomic E-state index is 12.1. The van der Waals surface area contributed by atoms with Crippen LogP contribution in [0.1, 0.15) is 6.42 Å². The van der Waals surface area contributed by atoms with Gasteiger partial charge in [0.1, 0.15) is 11.1 Å². The molecule has 24 heavy (non-hydrogen) atoms. The van der Waals surface area contributed by atoms with Crippen LogP contribution in [0, 0.1) is 5.92 Å². The second-order valence-corrected chi connectivity index (χ2v) is 7.77. The minimum absolute atomic E-state index is 0.129. The number of carboxylic acids is 1. The number of aliphatic hydroxyl groups is 1. The number of β-lactam (4-membered cyclic amide) rings is 1. The minimum atomic E-state index is -1.23. The van der Waals surface area contributed by atoms with Crippen LogP contribution in [0.15, 0.2) is 39.9 Å². The highest BCUT2D eigenvalue weighted by molar-refractivity contribution is 8.03. The predicted molar refractivity (Wildman–Crippen MR) is 87.5 cm³/mol. The molecule has 0 saturated carbocycles. The standard InChI is InChI=1S/C15H15NO6S2/c1-24(21)9-4-2-8(3-5-9)22-15-11(14(19)20)16-12(18)10(6-7-17)13(16)23-15/h2-5,10,13,17H,6-7H2,1H3,(H,19,20)/t10-,13+,24?/m0/s1. The predicted octanol–water partition coefficient (Wildman–Crippen LogP) is 0.970. The van der Waals surface area contributed by atoms with Crippen molar-refractivity contribution in [3.63, 3.8) is 0 Å². The first-order valence-corrected chi connectivity index (χ1v) is 9.57. The summed E-state index contributed by atoms with van der Waals surface area (Å²) in [6.07, 6.45) is 1.86. The van der Waals surface area contributed by atoms with Crippen molar-refractivity contribution in [2.45, 2.75) is 16.7 Å². The molecule has 2 N–H and O–H groups in total. The van der Waals surface area contributed by atoms with E-state index in [0.29, 0.717) is 17.1 Å². The number of nitrogens with zero attached hydrogens (tertiary/aromatic N) is 1. The summed E-state index contributed by atoms with van der Waals surface area (Å²) in [5.41, 5.74) is -0.174. The van der Waals surface area contributed by atoms with Crippen LogP contribution >= 0.6 is 11.8 Å². The van der Waals surface area contributed by atoms with Gasteiger partial charge in [0.2, 0.25) is 5.91 Å². The summed E-state index contributed by atoms with van der Waals surface area (Å²) in [4.78, 5) is 25.4. The lowest BCUT2D eigenvalue weighted by atomic mass is 9.94. The number of carbonyl (C=O) groups is 2. The number of aliphatic carboxylic acids is 1. The number of thioether (sulfide) groups is 1. The summed E-state index contributed by atoms with van der Waals surface area (Å²) in [5, 5.41) is 18.2. The number of carboxylic acid groups (broad SMARTS) is 1. The fraction of sp³-hybridized carbons (Fsp3) is 0.333. The molecule has 1 unspecified atom stereocenters. The molecule has 1 aromatic carbocycles. The Kier molecular flexibility index (Phi) is 4.66. The lowest BCUT2D eigenvalue weighted by Crippen LogP contribution is -2.57. The summed E-state index contributed by atoms with van der Waals surface area (Å²) < 4.78 is 17.0. The lowest BCUT2D eigenvalue weighted by Gasteiger charge is -2.41. The Morgan fingerprint density at radius 3 is 2.58 bits per heavy atom. The number of carbonyl (C=O) groups excluding carboxylic acids is 1. The molecule has 1 amide bonds. The Bertz CT molecular complexity index is 745. The van der Waals surface area contributed by atoms with E-state index in [1.807, 2.05) is 0 Å². The van der Waals surface area contributed by atoms with E-state index in [1.54, 1.807) is 30.5 Å². The van der Waals surface area contributed by atoms with Crippen LogP contribution in [-0.2, 0) is 20.4 Å². The van der Waals surface area contributed by atoms with Crippen LogP contribution in [0.4, 0.5) is 0 Å². The second-order valence-electron chi connectivity index (χ2n) is 5.30. The average molecular weight is 369 g/mol. The second kappa shape index (κ2) is 6.58. The third kappa shape index (κ3) is 2.83. The number of rotatable bonds is 6. The number of fused-ring (bicyclic) bond motifs is 1. The maximum Gasteiger partial charge on any atom is 0.357 e. The summed E-state index contributed by atoms with van der Waals surface area (Å²) in [6, 6.07) is 6.49. The Morgan fingerprint density at radius 2 is 2.04 bits per heavy atom. The van der Waals surface area contributed by atoms with E-state index >= 15 is 0 Å². The number of amides is 1. The van der Waals surface area contributed by atoms with Gasteiger partial charge in [-0.05, 0) is 30.7 Å². The first kappa shape index (κ1) is 17.0. The molecule has 9 heteroatoms. The minimum Gasteiger partial charge on any atom is -0.476 e. The van der Waals surface area contributed by atoms with Crippen LogP contribution < -0.4 is 4.74 Å². The van der Waals surface area contributed by atoms with Gasteiger partial charge in [-0.15, -0.1) is 0 Å². The van der Waals surface area contributed by atoms with Crippen molar-refractivity contribution in [2.24, 2.45) is 5.92 Å². The van der Waals surface area contributed by atoms with Gasteiger partial charge in [0.15, 0.2) is 10.8 Å². The molecule has 2 heterocycles. The summed E-state index contributed by atoms with van der Waals surface area (Å²) in [5.74, 6) is -1.55. The number of benzene rings is 1. The highest BCUT2D eigenvalue weighted by Crippen LogP contribution is 2.50. The van der Waals surface area contributed by atoms with Gasteiger partial charge < -0.3 is 14.9 Å². The largest absolute Gasteiger partial charge is 0.476 e. The zero-order chi connectivity index (χ0) is 17.4. The Hall–Kier alpha value is -1.84. The normalized spacial score (nSPS) is 23.8. The third-order valence-electron chi connectivity index (χ3n) is 3.82. The summed E-state index contributed by atoms with van der Waals surface area (Å²) >= 11 is 1.16. The zero-order valence-electron chi connectivity index (χ0n) is 12.7.